The van der Waals surface area contributed by atoms with Crippen LogP contribution in [-0.4, -0.2) is 15.6 Å². The molecule has 114 valence electrons. The monoisotopic (exact) mass is 320 g/mol. The molecule has 1 aromatic carbocycles. The number of amides is 1. The van der Waals surface area contributed by atoms with Crippen LogP contribution < -0.4 is 15.4 Å². The summed E-state index contributed by atoms with van der Waals surface area (Å²) in [6.07, 6.45) is 1.61. The van der Waals surface area contributed by atoms with Crippen molar-refractivity contribution in [2.45, 2.75) is 26.3 Å². The second-order valence-corrected chi connectivity index (χ2v) is 5.94. The molecule has 0 unspecified atom stereocenters. The summed E-state index contributed by atoms with van der Waals surface area (Å²) in [4.78, 5) is 27.7. The summed E-state index contributed by atoms with van der Waals surface area (Å²) >= 11 is 0.779. The fourth-order valence-corrected chi connectivity index (χ4v) is 3.34. The lowest BCUT2D eigenvalue weighted by molar-refractivity contribution is -0.112. The van der Waals surface area contributed by atoms with Gasteiger partial charge in [-0.05, 0) is 24.6 Å². The average molecular weight is 320 g/mol. The number of nitrogens with zero attached hydrogens (tertiary/aromatic N) is 2. The van der Waals surface area contributed by atoms with E-state index < -0.39 is 11.7 Å². The van der Waals surface area contributed by atoms with Crippen molar-refractivity contribution in [2.24, 2.45) is 4.99 Å². The third-order valence-electron chi connectivity index (χ3n) is 3.49. The van der Waals surface area contributed by atoms with E-state index in [-0.39, 0.29) is 21.2 Å². The molecule has 2 aromatic rings. The zero-order valence-corrected chi connectivity index (χ0v) is 12.6. The maximum absolute atomic E-state index is 13.4. The van der Waals surface area contributed by atoms with Crippen LogP contribution in [0.4, 0.5) is 4.39 Å². The molecule has 0 atom stereocenters. The third-order valence-corrected chi connectivity index (χ3v) is 4.48. The van der Waals surface area contributed by atoms with E-state index in [1.165, 1.54) is 22.8 Å². The van der Waals surface area contributed by atoms with Gasteiger partial charge in [0.15, 0.2) is 0 Å². The largest absolute Gasteiger partial charge is 0.493 e. The zero-order chi connectivity index (χ0) is 15.9. The number of aromatic nitrogens is 1. The number of carbonyl (C=O) groups excluding carboxylic acids is 1. The van der Waals surface area contributed by atoms with Crippen molar-refractivity contribution >= 4 is 22.8 Å². The molecule has 1 aromatic heterocycles. The van der Waals surface area contributed by atoms with E-state index in [4.69, 9.17) is 0 Å². The molecule has 1 N–H and O–H groups in total. The molecule has 22 heavy (non-hydrogen) atoms. The van der Waals surface area contributed by atoms with Gasteiger partial charge in [0, 0.05) is 11.8 Å². The Morgan fingerprint density at radius 2 is 2.14 bits per heavy atom. The van der Waals surface area contributed by atoms with Gasteiger partial charge in [0.2, 0.25) is 5.88 Å². The van der Waals surface area contributed by atoms with E-state index in [1.807, 2.05) is 6.92 Å². The number of thiazole rings is 1. The lowest BCUT2D eigenvalue weighted by Gasteiger charge is -2.03. The first-order chi connectivity index (χ1) is 10.5. The molecule has 5 nitrogen and oxygen atoms in total. The van der Waals surface area contributed by atoms with E-state index in [1.54, 1.807) is 0 Å². The summed E-state index contributed by atoms with van der Waals surface area (Å²) in [5, 5.41) is 10.9. The maximum Gasteiger partial charge on any atom is 0.310 e. The topological polar surface area (TPSA) is 71.7 Å². The van der Waals surface area contributed by atoms with Crippen LogP contribution in [0.3, 0.4) is 0 Å². The minimum atomic E-state index is -0.570. The number of halogens is 1. The number of carbonyl (C=O) groups is 1. The van der Waals surface area contributed by atoms with E-state index in [9.17, 15) is 19.1 Å². The Balaban J connectivity index is 2.24. The summed E-state index contributed by atoms with van der Waals surface area (Å²) in [6, 6.07) is 3.82. The van der Waals surface area contributed by atoms with E-state index in [0.29, 0.717) is 17.1 Å². The Morgan fingerprint density at radius 1 is 1.36 bits per heavy atom. The van der Waals surface area contributed by atoms with Crippen molar-refractivity contribution in [3.8, 4) is 5.88 Å². The average Bonchev–Trinajstić information content (AvgIpc) is 2.93. The summed E-state index contributed by atoms with van der Waals surface area (Å²) < 4.78 is 14.7. The van der Waals surface area contributed by atoms with Crippen molar-refractivity contribution in [2.75, 3.05) is 0 Å². The second-order valence-electron chi connectivity index (χ2n) is 4.98. The highest BCUT2D eigenvalue weighted by Gasteiger charge is 2.26. The first-order valence-corrected chi connectivity index (χ1v) is 7.70. The molecular formula is C15H13FN2O3S. The zero-order valence-electron chi connectivity index (χ0n) is 11.8. The van der Waals surface area contributed by atoms with Gasteiger partial charge < -0.3 is 5.11 Å². The highest BCUT2D eigenvalue weighted by Crippen LogP contribution is 2.28. The predicted octanol–water partition coefficient (Wildman–Crippen LogP) is 0.913. The van der Waals surface area contributed by atoms with Crippen molar-refractivity contribution < 1.29 is 14.3 Å². The standard InChI is InChI=1S/C15H13FN2O3S/c1-2-3-6-18-14(20)12(22-15(18)21)11-9-7-8(16)4-5-10(9)17-13(11)19/h4-5,7,20H,2-3,6H2,1H3. The fourth-order valence-electron chi connectivity index (χ4n) is 2.38. The van der Waals surface area contributed by atoms with Gasteiger partial charge in [0.1, 0.15) is 10.7 Å². The first-order valence-electron chi connectivity index (χ1n) is 6.88. The van der Waals surface area contributed by atoms with Gasteiger partial charge in [0.25, 0.3) is 5.91 Å². The van der Waals surface area contributed by atoms with Crippen molar-refractivity contribution in [3.63, 3.8) is 0 Å². The third kappa shape index (κ3) is 2.27. The summed E-state index contributed by atoms with van der Waals surface area (Å²) in [7, 11) is 0. The molecular weight excluding hydrogens is 307 g/mol. The molecule has 0 saturated heterocycles. The van der Waals surface area contributed by atoms with E-state index in [2.05, 4.69) is 4.99 Å². The van der Waals surface area contributed by atoms with Crippen LogP contribution in [0.1, 0.15) is 24.6 Å². The normalized spacial score (nSPS) is 13.4. The van der Waals surface area contributed by atoms with Crippen LogP contribution in [0.5, 0.6) is 5.88 Å². The highest BCUT2D eigenvalue weighted by molar-refractivity contribution is 7.11. The summed E-state index contributed by atoms with van der Waals surface area (Å²) in [5.41, 5.74) is 0.0874. The van der Waals surface area contributed by atoms with Gasteiger partial charge in [-0.15, -0.1) is 0 Å². The minimum Gasteiger partial charge on any atom is -0.493 e. The number of unbranched alkanes of at least 4 members (excludes halogenated alkanes) is 1. The van der Waals surface area contributed by atoms with Gasteiger partial charge in [-0.25, -0.2) is 9.38 Å². The van der Waals surface area contributed by atoms with E-state index >= 15 is 0 Å². The van der Waals surface area contributed by atoms with Gasteiger partial charge in [-0.1, -0.05) is 24.7 Å². The molecule has 2 heterocycles. The number of hydrogen-bond acceptors (Lipinski definition) is 4. The van der Waals surface area contributed by atoms with Crippen LogP contribution in [0.15, 0.2) is 28.0 Å². The molecule has 0 fully saturated rings. The molecule has 7 heteroatoms. The Bertz CT molecular complexity index is 943. The van der Waals surface area contributed by atoms with Crippen molar-refractivity contribution in [3.05, 3.63) is 49.1 Å². The van der Waals surface area contributed by atoms with Gasteiger partial charge >= 0.3 is 4.87 Å². The Labute approximate surface area is 128 Å². The number of benzene rings is 1. The molecule has 1 aliphatic rings. The molecule has 3 rings (SSSR count). The van der Waals surface area contributed by atoms with Crippen LogP contribution in [0.25, 0.3) is 5.57 Å². The SMILES string of the molecule is CCCCn1c(O)c(C2=c3cc(F)ccc3=NC2=O)sc1=O. The number of rotatable bonds is 4. The van der Waals surface area contributed by atoms with Gasteiger partial charge in [-0.3, -0.25) is 14.2 Å². The van der Waals surface area contributed by atoms with Crippen molar-refractivity contribution in [1.82, 2.24) is 4.57 Å². The molecule has 1 aliphatic heterocycles. The minimum absolute atomic E-state index is 0.0874. The molecule has 0 bridgehead atoms. The van der Waals surface area contributed by atoms with Gasteiger partial charge in [-0.2, -0.15) is 0 Å². The smallest absolute Gasteiger partial charge is 0.310 e. The van der Waals surface area contributed by atoms with Crippen molar-refractivity contribution in [1.29, 1.82) is 0 Å². The first kappa shape index (κ1) is 14.6. The Morgan fingerprint density at radius 3 is 2.86 bits per heavy atom. The second kappa shape index (κ2) is 5.49. The summed E-state index contributed by atoms with van der Waals surface area (Å²) in [5.74, 6) is -1.32. The van der Waals surface area contributed by atoms with E-state index in [0.717, 1.165) is 24.2 Å². The molecule has 0 radical (unpaired) electrons. The van der Waals surface area contributed by atoms with Gasteiger partial charge in [0.05, 0.1) is 10.9 Å². The number of fused-ring (bicyclic) bond motifs is 1. The molecule has 1 amide bonds. The molecule has 0 saturated carbocycles. The quantitative estimate of drug-likeness (QED) is 0.910. The predicted molar refractivity (Wildman–Crippen MR) is 79.8 cm³/mol. The van der Waals surface area contributed by atoms with Crippen LogP contribution in [-0.2, 0) is 11.3 Å². The number of aromatic hydroxyl groups is 1. The number of hydrogen-bond donors (Lipinski definition) is 1. The maximum atomic E-state index is 13.4. The highest BCUT2D eigenvalue weighted by atomic mass is 32.1. The Hall–Kier alpha value is -2.28. The van der Waals surface area contributed by atoms with Crippen LogP contribution in [0, 0.1) is 5.82 Å². The molecule has 0 aliphatic carbocycles. The fraction of sp³-hybridized carbons (Fsp3) is 0.267. The lowest BCUT2D eigenvalue weighted by atomic mass is 10.1. The molecule has 0 spiro atoms. The van der Waals surface area contributed by atoms with Crippen LogP contribution >= 0.6 is 11.3 Å². The van der Waals surface area contributed by atoms with Crippen LogP contribution in [0.2, 0.25) is 0 Å². The summed E-state index contributed by atoms with van der Waals surface area (Å²) in [6.45, 7) is 2.36. The Kier molecular flexibility index (Phi) is 3.66. The lowest BCUT2D eigenvalue weighted by Crippen LogP contribution is -2.23.